The molecule has 4 heteroatoms. The Kier molecular flexibility index (Phi) is 14.5. The number of esters is 1. The first-order valence-corrected chi connectivity index (χ1v) is 15.6. The van der Waals surface area contributed by atoms with E-state index in [-0.39, 0.29) is 35.7 Å². The Morgan fingerprint density at radius 3 is 2.43 bits per heavy atom. The Morgan fingerprint density at radius 2 is 1.81 bits per heavy atom. The van der Waals surface area contributed by atoms with Crippen LogP contribution in [-0.2, 0) is 14.3 Å². The van der Waals surface area contributed by atoms with Crippen LogP contribution in [-0.4, -0.2) is 42.4 Å². The summed E-state index contributed by atoms with van der Waals surface area (Å²) >= 11 is 0. The monoisotopic (exact) mass is 517 g/mol. The predicted octanol–water partition coefficient (Wildman–Crippen LogP) is 8.99. The normalized spacial score (nSPS) is 25.2. The van der Waals surface area contributed by atoms with E-state index in [4.69, 9.17) is 9.47 Å². The van der Waals surface area contributed by atoms with Crippen molar-refractivity contribution in [3.05, 3.63) is 23.3 Å². The zero-order chi connectivity index (χ0) is 27.3. The fourth-order valence-electron chi connectivity index (χ4n) is 6.37. The highest BCUT2D eigenvalue weighted by molar-refractivity contribution is 5.76. The van der Waals surface area contributed by atoms with Gasteiger partial charge < -0.3 is 9.47 Å². The first-order valence-electron chi connectivity index (χ1n) is 15.6. The third kappa shape index (κ3) is 10.5. The summed E-state index contributed by atoms with van der Waals surface area (Å²) in [7, 11) is 0. The van der Waals surface area contributed by atoms with Gasteiger partial charge in [0.25, 0.3) is 0 Å². The molecule has 0 bridgehead atoms. The lowest BCUT2D eigenvalue weighted by Crippen LogP contribution is -2.54. The lowest BCUT2D eigenvalue weighted by atomic mass is 9.72. The second-order valence-electron chi connectivity index (χ2n) is 12.6. The second kappa shape index (κ2) is 16.7. The summed E-state index contributed by atoms with van der Waals surface area (Å²) in [6.07, 6.45) is 22.2. The number of carbonyl (C=O) groups excluding carboxylic acids is 1. The summed E-state index contributed by atoms with van der Waals surface area (Å²) in [5.41, 5.74) is 2.96. The van der Waals surface area contributed by atoms with Gasteiger partial charge in [-0.25, -0.2) is 0 Å². The van der Waals surface area contributed by atoms with E-state index in [1.165, 1.54) is 56.9 Å². The molecule has 1 saturated heterocycles. The molecule has 0 aromatic heterocycles. The van der Waals surface area contributed by atoms with Crippen molar-refractivity contribution in [1.82, 2.24) is 4.90 Å². The van der Waals surface area contributed by atoms with Gasteiger partial charge in [0.1, 0.15) is 12.3 Å². The molecule has 0 spiro atoms. The summed E-state index contributed by atoms with van der Waals surface area (Å²) < 4.78 is 12.5. The van der Waals surface area contributed by atoms with Crippen molar-refractivity contribution in [3.63, 3.8) is 0 Å². The van der Waals surface area contributed by atoms with Crippen molar-refractivity contribution < 1.29 is 14.3 Å². The summed E-state index contributed by atoms with van der Waals surface area (Å²) in [4.78, 5) is 15.6. The molecule has 0 aromatic carbocycles. The molecule has 4 unspecified atom stereocenters. The lowest BCUT2D eigenvalue weighted by Gasteiger charge is -2.44. The van der Waals surface area contributed by atoms with Crippen LogP contribution in [0.5, 0.6) is 0 Å². The van der Waals surface area contributed by atoms with Gasteiger partial charge >= 0.3 is 5.97 Å². The molecule has 0 N–H and O–H groups in total. The number of rotatable bonds is 17. The number of carbonyl (C=O) groups is 1. The van der Waals surface area contributed by atoms with E-state index in [0.29, 0.717) is 6.61 Å². The van der Waals surface area contributed by atoms with Gasteiger partial charge in [0.15, 0.2) is 0 Å². The molecule has 2 aliphatic rings. The quantitative estimate of drug-likeness (QED) is 0.110. The summed E-state index contributed by atoms with van der Waals surface area (Å²) in [5, 5.41) is 0. The molecule has 0 saturated carbocycles. The van der Waals surface area contributed by atoms with Gasteiger partial charge in [-0.2, -0.15) is 0 Å². The van der Waals surface area contributed by atoms with E-state index in [1.54, 1.807) is 5.57 Å². The second-order valence-corrected chi connectivity index (χ2v) is 12.6. The maximum atomic E-state index is 13.2. The third-order valence-corrected chi connectivity index (χ3v) is 8.33. The van der Waals surface area contributed by atoms with Crippen molar-refractivity contribution in [3.8, 4) is 0 Å². The van der Waals surface area contributed by atoms with E-state index in [2.05, 4.69) is 58.6 Å². The zero-order valence-electron chi connectivity index (χ0n) is 25.4. The van der Waals surface area contributed by atoms with Gasteiger partial charge in [-0.05, 0) is 65.2 Å². The Hall–Kier alpha value is -1.13. The number of allylic oxidation sites excluding steroid dienone is 4. The van der Waals surface area contributed by atoms with Gasteiger partial charge in [-0.1, -0.05) is 102 Å². The number of unbranched alkanes of at least 4 members (excludes halogenated alkanes) is 7. The van der Waals surface area contributed by atoms with Gasteiger partial charge in [0, 0.05) is 12.0 Å². The Balaban J connectivity index is 2.08. The summed E-state index contributed by atoms with van der Waals surface area (Å²) in [5.74, 6) is 0.101. The van der Waals surface area contributed by atoms with Crippen molar-refractivity contribution in [2.45, 2.75) is 157 Å². The average Bonchev–Trinajstić information content (AvgIpc) is 3.25. The van der Waals surface area contributed by atoms with Crippen molar-refractivity contribution in [1.29, 1.82) is 0 Å². The molecule has 1 fully saturated rings. The highest BCUT2D eigenvalue weighted by atomic mass is 16.5. The van der Waals surface area contributed by atoms with Crippen molar-refractivity contribution >= 4 is 5.97 Å². The number of hydrogen-bond acceptors (Lipinski definition) is 4. The fraction of sp³-hybridized carbons (Fsp3) is 0.848. The van der Waals surface area contributed by atoms with Gasteiger partial charge in [-0.3, -0.25) is 9.69 Å². The molecule has 37 heavy (non-hydrogen) atoms. The highest BCUT2D eigenvalue weighted by Crippen LogP contribution is 2.46. The number of hydrogen-bond donors (Lipinski definition) is 0. The predicted molar refractivity (Wildman–Crippen MR) is 157 cm³/mol. The van der Waals surface area contributed by atoms with Crippen LogP contribution in [0.4, 0.5) is 0 Å². The first kappa shape index (κ1) is 32.1. The average molecular weight is 518 g/mol. The molecule has 1 aliphatic heterocycles. The van der Waals surface area contributed by atoms with Crippen LogP contribution in [0, 0.1) is 11.3 Å². The minimum absolute atomic E-state index is 0.0166. The minimum Gasteiger partial charge on any atom is -0.465 e. The van der Waals surface area contributed by atoms with Gasteiger partial charge in [0.2, 0.25) is 0 Å². The first-order chi connectivity index (χ1) is 17.7. The smallest absolute Gasteiger partial charge is 0.323 e. The lowest BCUT2D eigenvalue weighted by molar-refractivity contribution is -0.160. The largest absolute Gasteiger partial charge is 0.465 e. The molecular weight excluding hydrogens is 458 g/mol. The molecule has 1 heterocycles. The molecule has 1 aliphatic carbocycles. The van der Waals surface area contributed by atoms with Crippen LogP contribution >= 0.6 is 0 Å². The van der Waals surface area contributed by atoms with Crippen LogP contribution in [0.25, 0.3) is 0 Å². The third-order valence-electron chi connectivity index (χ3n) is 8.33. The maximum absolute atomic E-state index is 13.2. The van der Waals surface area contributed by atoms with Gasteiger partial charge in [0.05, 0.1) is 12.7 Å². The molecular formula is C33H59NO3. The van der Waals surface area contributed by atoms with Crippen LogP contribution < -0.4 is 0 Å². The van der Waals surface area contributed by atoms with Crippen LogP contribution in [0.1, 0.15) is 138 Å². The van der Waals surface area contributed by atoms with Crippen LogP contribution in [0.2, 0.25) is 0 Å². The van der Waals surface area contributed by atoms with E-state index in [1.807, 2.05) is 6.92 Å². The van der Waals surface area contributed by atoms with E-state index in [0.717, 1.165) is 45.1 Å². The highest BCUT2D eigenvalue weighted by Gasteiger charge is 2.50. The van der Waals surface area contributed by atoms with Crippen LogP contribution in [0.3, 0.4) is 0 Å². The molecule has 214 valence electrons. The number of nitrogens with zero attached hydrogens (tertiary/aromatic N) is 1. The number of ether oxygens (including phenoxy) is 2. The van der Waals surface area contributed by atoms with E-state index < -0.39 is 0 Å². The fourth-order valence-corrected chi connectivity index (χ4v) is 6.37. The summed E-state index contributed by atoms with van der Waals surface area (Å²) in [6, 6.07) is -0.245. The Labute approximate surface area is 229 Å². The molecule has 0 radical (unpaired) electrons. The molecule has 0 aromatic rings. The molecule has 4 nitrogen and oxygen atoms in total. The molecule has 0 amide bonds. The van der Waals surface area contributed by atoms with Crippen molar-refractivity contribution in [2.24, 2.45) is 11.3 Å². The van der Waals surface area contributed by atoms with Gasteiger partial charge in [-0.15, -0.1) is 0 Å². The maximum Gasteiger partial charge on any atom is 0.323 e. The standard InChI is InChI=1S/C33H59NO3/c1-8-10-11-12-13-14-15-16-22-29-25-34(30(27(5)6)31(35)36-9-2)32(37-29)33(7)23-18-21-28(24-33)20-17-19-26(3)4/h19,21,27,29-30,32H,8-18,20,22-25H2,1-7H3. The van der Waals surface area contributed by atoms with Crippen LogP contribution in [0.15, 0.2) is 23.3 Å². The Morgan fingerprint density at radius 1 is 1.14 bits per heavy atom. The van der Waals surface area contributed by atoms with Crippen molar-refractivity contribution in [2.75, 3.05) is 13.2 Å². The van der Waals surface area contributed by atoms with E-state index >= 15 is 0 Å². The minimum atomic E-state index is -0.245. The van der Waals surface area contributed by atoms with E-state index in [9.17, 15) is 4.79 Å². The Bertz CT molecular complexity index is 723. The summed E-state index contributed by atoms with van der Waals surface area (Å²) in [6.45, 7) is 16.5. The topological polar surface area (TPSA) is 38.8 Å². The zero-order valence-corrected chi connectivity index (χ0v) is 25.4. The SMILES string of the molecule is CCCCCCCCCCC1CN(C(C(=O)OCC)C(C)C)C(C2(C)CCC=C(CCC=C(C)C)C2)O1. The molecule has 2 rings (SSSR count). The molecule has 4 atom stereocenters.